The van der Waals surface area contributed by atoms with Crippen LogP contribution < -0.4 is 16.2 Å². The molecule has 2 saturated heterocycles. The number of piperidine rings is 1. The Morgan fingerprint density at radius 3 is 2.57 bits per heavy atom. The molecule has 4 aromatic rings. The Balaban J connectivity index is 1.41. The zero-order valence-corrected chi connectivity index (χ0v) is 27.2. The van der Waals surface area contributed by atoms with Gasteiger partial charge in [0.2, 0.25) is 5.95 Å². The molecule has 2 atom stereocenters. The number of aromatic nitrogens is 5. The number of nitrogens with two attached hydrogens (primary N) is 1. The van der Waals surface area contributed by atoms with Crippen molar-refractivity contribution < 1.29 is 9.47 Å². The summed E-state index contributed by atoms with van der Waals surface area (Å²) in [6.07, 6.45) is 5.73. The summed E-state index contributed by atoms with van der Waals surface area (Å²) in [4.78, 5) is 21.5. The lowest BCUT2D eigenvalue weighted by Gasteiger charge is -2.41. The zero-order valence-electron chi connectivity index (χ0n) is 25.5. The van der Waals surface area contributed by atoms with Crippen LogP contribution in [0.1, 0.15) is 19.8 Å². The Bertz CT molecular complexity index is 1700. The van der Waals surface area contributed by atoms with Crippen LogP contribution in [0.2, 0.25) is 30.7 Å². The fourth-order valence-electron chi connectivity index (χ4n) is 6.44. The molecule has 2 fully saturated rings. The Hall–Kier alpha value is -2.70. The van der Waals surface area contributed by atoms with Crippen LogP contribution in [0.5, 0.6) is 0 Å². The SMILES string of the molecule is C[C@@H]1OCC2(CCN(c3nc4c(c(-c5ccc6nn(C)cc6c5Cl)cn4COCC[Si](C)(C)C)c(=O)n3C)CC2)[C@@H]1N. The smallest absolute Gasteiger partial charge is 0.264 e. The van der Waals surface area contributed by atoms with E-state index in [2.05, 4.69) is 36.6 Å². The highest BCUT2D eigenvalue weighted by Gasteiger charge is 2.48. The van der Waals surface area contributed by atoms with E-state index in [1.54, 1.807) is 16.3 Å². The number of aryl methyl sites for hydroxylation is 1. The summed E-state index contributed by atoms with van der Waals surface area (Å²) in [5.74, 6) is 0.657. The topological polar surface area (TPSA) is 105 Å². The molecule has 0 bridgehead atoms. The highest BCUT2D eigenvalue weighted by atomic mass is 35.5. The van der Waals surface area contributed by atoms with E-state index in [-0.39, 0.29) is 23.1 Å². The van der Waals surface area contributed by atoms with Gasteiger partial charge in [-0.05, 0) is 31.9 Å². The average Bonchev–Trinajstić information content (AvgIpc) is 3.59. The number of benzene rings is 1. The van der Waals surface area contributed by atoms with Crippen molar-refractivity contribution in [1.29, 1.82) is 0 Å². The quantitative estimate of drug-likeness (QED) is 0.241. The molecule has 0 unspecified atom stereocenters. The summed E-state index contributed by atoms with van der Waals surface area (Å²) in [5, 5.41) is 6.43. The number of nitrogens with zero attached hydrogens (tertiary/aromatic N) is 6. The van der Waals surface area contributed by atoms with Gasteiger partial charge >= 0.3 is 0 Å². The van der Waals surface area contributed by atoms with Crippen LogP contribution in [0.25, 0.3) is 33.1 Å². The molecule has 42 heavy (non-hydrogen) atoms. The molecule has 1 aromatic carbocycles. The van der Waals surface area contributed by atoms with Gasteiger partial charge in [0, 0.05) is 82.2 Å². The zero-order chi connectivity index (χ0) is 30.0. The van der Waals surface area contributed by atoms with Crippen molar-refractivity contribution in [3.05, 3.63) is 39.9 Å². The first-order chi connectivity index (χ1) is 19.9. The Morgan fingerprint density at radius 1 is 1.17 bits per heavy atom. The molecular formula is C30H42ClN7O3Si. The van der Waals surface area contributed by atoms with Gasteiger partial charge in [-0.15, -0.1) is 0 Å². The standard InChI is InChI=1S/C30H42ClN7O3Si/c1-19-26(32)30(17-41-19)9-11-37(12-10-30)29-33-27-24(28(39)36(29)3)21(16-38(27)18-40-13-14-42(4,5)6)20-7-8-23-22(25(20)31)15-35(2)34-23/h7-8,15-16,19,26H,9-14,17-18,32H2,1-6H3/t19-,26+/m0/s1. The molecular weight excluding hydrogens is 570 g/mol. The largest absolute Gasteiger partial charge is 0.376 e. The van der Waals surface area contributed by atoms with Crippen LogP contribution in [-0.4, -0.2) is 70.4 Å². The van der Waals surface area contributed by atoms with E-state index in [1.807, 2.05) is 36.1 Å². The van der Waals surface area contributed by atoms with Gasteiger partial charge in [-0.25, -0.2) is 0 Å². The molecule has 2 aliphatic heterocycles. The van der Waals surface area contributed by atoms with Crippen molar-refractivity contribution >= 4 is 47.6 Å². The van der Waals surface area contributed by atoms with Gasteiger partial charge in [0.15, 0.2) is 5.65 Å². The molecule has 0 saturated carbocycles. The summed E-state index contributed by atoms with van der Waals surface area (Å²) in [5.41, 5.74) is 9.38. The first kappa shape index (κ1) is 29.4. The molecule has 0 amide bonds. The fourth-order valence-corrected chi connectivity index (χ4v) is 7.51. The Kier molecular flexibility index (Phi) is 7.54. The number of halogens is 1. The molecule has 3 aromatic heterocycles. The Morgan fingerprint density at radius 2 is 1.90 bits per heavy atom. The van der Waals surface area contributed by atoms with Crippen LogP contribution >= 0.6 is 11.6 Å². The Labute approximate surface area is 252 Å². The second kappa shape index (κ2) is 10.8. The number of rotatable bonds is 7. The van der Waals surface area contributed by atoms with E-state index in [0.717, 1.165) is 54.0 Å². The molecule has 2 aliphatic rings. The van der Waals surface area contributed by atoms with Crippen molar-refractivity contribution in [3.63, 3.8) is 0 Å². The lowest BCUT2D eigenvalue weighted by Crippen LogP contribution is -2.51. The molecule has 2 N–H and O–H groups in total. The summed E-state index contributed by atoms with van der Waals surface area (Å²) >= 11 is 6.96. The fraction of sp³-hybridized carbons (Fsp3) is 0.567. The third-order valence-corrected chi connectivity index (χ3v) is 11.3. The highest BCUT2D eigenvalue weighted by molar-refractivity contribution is 6.76. The van der Waals surface area contributed by atoms with Gasteiger partial charge in [-0.1, -0.05) is 37.3 Å². The summed E-state index contributed by atoms with van der Waals surface area (Å²) in [6.45, 7) is 12.3. The number of anilines is 1. The first-order valence-electron chi connectivity index (χ1n) is 14.8. The van der Waals surface area contributed by atoms with E-state index in [0.29, 0.717) is 41.9 Å². The van der Waals surface area contributed by atoms with Crippen LogP contribution in [0.3, 0.4) is 0 Å². The minimum Gasteiger partial charge on any atom is -0.376 e. The molecule has 0 radical (unpaired) electrons. The van der Waals surface area contributed by atoms with E-state index in [1.165, 1.54) is 0 Å². The maximum absolute atomic E-state index is 14.1. The van der Waals surface area contributed by atoms with Gasteiger partial charge < -0.3 is 24.7 Å². The normalized spacial score (nSPS) is 20.9. The number of fused-ring (bicyclic) bond motifs is 2. The summed E-state index contributed by atoms with van der Waals surface area (Å²) < 4.78 is 17.5. The first-order valence-corrected chi connectivity index (χ1v) is 18.9. The predicted molar refractivity (Wildman–Crippen MR) is 171 cm³/mol. The lowest BCUT2D eigenvalue weighted by molar-refractivity contribution is 0.0899. The van der Waals surface area contributed by atoms with Crippen molar-refractivity contribution in [2.24, 2.45) is 25.2 Å². The van der Waals surface area contributed by atoms with Gasteiger partial charge in [0.05, 0.1) is 28.6 Å². The van der Waals surface area contributed by atoms with E-state index in [4.69, 9.17) is 31.8 Å². The van der Waals surface area contributed by atoms with E-state index < -0.39 is 8.07 Å². The molecule has 6 rings (SSSR count). The molecule has 1 spiro atoms. The minimum atomic E-state index is -1.25. The second-order valence-electron chi connectivity index (χ2n) is 13.4. The number of ether oxygens (including phenoxy) is 2. The van der Waals surface area contributed by atoms with Crippen LogP contribution in [0.4, 0.5) is 5.95 Å². The predicted octanol–water partition coefficient (Wildman–Crippen LogP) is 4.59. The minimum absolute atomic E-state index is 0.0157. The van der Waals surface area contributed by atoms with Gasteiger partial charge in [-0.2, -0.15) is 10.1 Å². The van der Waals surface area contributed by atoms with E-state index >= 15 is 0 Å². The van der Waals surface area contributed by atoms with Gasteiger partial charge in [-0.3, -0.25) is 14.0 Å². The van der Waals surface area contributed by atoms with Gasteiger partial charge in [0.1, 0.15) is 6.73 Å². The molecule has 0 aliphatic carbocycles. The van der Waals surface area contributed by atoms with Crippen molar-refractivity contribution in [3.8, 4) is 11.1 Å². The van der Waals surface area contributed by atoms with Crippen molar-refractivity contribution in [1.82, 2.24) is 23.9 Å². The highest BCUT2D eigenvalue weighted by Crippen LogP contribution is 2.42. The molecule has 10 nitrogen and oxygen atoms in total. The van der Waals surface area contributed by atoms with E-state index in [9.17, 15) is 4.79 Å². The second-order valence-corrected chi connectivity index (χ2v) is 19.4. The number of hydrogen-bond acceptors (Lipinski definition) is 7. The van der Waals surface area contributed by atoms with Crippen LogP contribution in [-0.2, 0) is 30.3 Å². The summed E-state index contributed by atoms with van der Waals surface area (Å²) in [6, 6.07) is 4.96. The lowest BCUT2D eigenvalue weighted by atomic mass is 9.73. The maximum Gasteiger partial charge on any atom is 0.264 e. The molecule has 5 heterocycles. The third kappa shape index (κ3) is 5.09. The summed E-state index contributed by atoms with van der Waals surface area (Å²) in [7, 11) is 2.42. The van der Waals surface area contributed by atoms with Gasteiger partial charge in [0.25, 0.3) is 5.56 Å². The van der Waals surface area contributed by atoms with Crippen LogP contribution in [0, 0.1) is 5.41 Å². The van der Waals surface area contributed by atoms with Crippen molar-refractivity contribution in [2.75, 3.05) is 31.2 Å². The average molecular weight is 612 g/mol. The number of hydrogen-bond donors (Lipinski definition) is 1. The van der Waals surface area contributed by atoms with Crippen LogP contribution in [0.15, 0.2) is 29.3 Å². The maximum atomic E-state index is 14.1. The third-order valence-electron chi connectivity index (χ3n) is 9.22. The monoisotopic (exact) mass is 611 g/mol. The van der Waals surface area contributed by atoms with Crippen molar-refractivity contribution in [2.45, 2.75) is 64.3 Å². The molecule has 12 heteroatoms. The molecule has 226 valence electrons.